The number of amides is 1. The predicted octanol–water partition coefficient (Wildman–Crippen LogP) is 1.99. The van der Waals surface area contributed by atoms with E-state index in [9.17, 15) is 4.79 Å². The molecule has 1 saturated carbocycles. The number of carbonyl (C=O) groups excluding carboxylic acids is 1. The third kappa shape index (κ3) is 3.35. The summed E-state index contributed by atoms with van der Waals surface area (Å²) < 4.78 is 0. The van der Waals surface area contributed by atoms with Crippen LogP contribution in [0.25, 0.3) is 0 Å². The number of piperidine rings is 1. The van der Waals surface area contributed by atoms with Crippen molar-refractivity contribution < 1.29 is 4.79 Å². The Bertz CT molecular complexity index is 281. The Balaban J connectivity index is 1.75. The zero-order chi connectivity index (χ0) is 12.5. The summed E-state index contributed by atoms with van der Waals surface area (Å²) in [4.78, 5) is 14.5. The second kappa shape index (κ2) is 5.15. The maximum atomic E-state index is 12.0. The number of hydrogen-bond acceptors (Lipinski definition) is 2. The summed E-state index contributed by atoms with van der Waals surface area (Å²) in [5, 5.41) is 3.14. The quantitative estimate of drug-likeness (QED) is 0.783. The van der Waals surface area contributed by atoms with Crippen molar-refractivity contribution in [1.82, 2.24) is 10.2 Å². The molecule has 0 radical (unpaired) electrons. The standard InChI is InChI=1S/C13H23ClN2O/c1-13(2,9-14)12(17)15-10-5-7-16(8-6-10)11-3-4-11/h10-11H,3-9H2,1-2H3,(H,15,17). The fourth-order valence-corrected chi connectivity index (χ4v) is 2.41. The highest BCUT2D eigenvalue weighted by atomic mass is 35.5. The Morgan fingerprint density at radius 2 is 1.88 bits per heavy atom. The average Bonchev–Trinajstić information content (AvgIpc) is 3.14. The van der Waals surface area contributed by atoms with E-state index in [1.54, 1.807) is 0 Å². The first-order valence-electron chi connectivity index (χ1n) is 6.64. The summed E-state index contributed by atoms with van der Waals surface area (Å²) in [6.45, 7) is 6.07. The van der Waals surface area contributed by atoms with Gasteiger partial charge in [0.05, 0.1) is 5.41 Å². The lowest BCUT2D eigenvalue weighted by molar-refractivity contribution is -0.129. The Labute approximate surface area is 109 Å². The van der Waals surface area contributed by atoms with Gasteiger partial charge in [-0.25, -0.2) is 0 Å². The smallest absolute Gasteiger partial charge is 0.227 e. The second-order valence-corrected chi connectivity index (χ2v) is 6.30. The van der Waals surface area contributed by atoms with Gasteiger partial charge in [0.1, 0.15) is 0 Å². The van der Waals surface area contributed by atoms with Gasteiger partial charge >= 0.3 is 0 Å². The topological polar surface area (TPSA) is 32.3 Å². The van der Waals surface area contributed by atoms with E-state index in [1.807, 2.05) is 13.8 Å². The van der Waals surface area contributed by atoms with Crippen LogP contribution in [0, 0.1) is 5.41 Å². The fraction of sp³-hybridized carbons (Fsp3) is 0.923. The van der Waals surface area contributed by atoms with Gasteiger partial charge in [-0.05, 0) is 39.5 Å². The zero-order valence-corrected chi connectivity index (χ0v) is 11.6. The monoisotopic (exact) mass is 258 g/mol. The van der Waals surface area contributed by atoms with Gasteiger partial charge in [-0.2, -0.15) is 0 Å². The third-order valence-electron chi connectivity index (χ3n) is 3.88. The average molecular weight is 259 g/mol. The summed E-state index contributed by atoms with van der Waals surface area (Å²) in [6, 6.07) is 1.20. The largest absolute Gasteiger partial charge is 0.353 e. The molecule has 17 heavy (non-hydrogen) atoms. The number of likely N-dealkylation sites (tertiary alicyclic amines) is 1. The highest BCUT2D eigenvalue weighted by molar-refractivity contribution is 6.19. The number of alkyl halides is 1. The molecule has 0 unspecified atom stereocenters. The van der Waals surface area contributed by atoms with E-state index in [1.165, 1.54) is 12.8 Å². The maximum Gasteiger partial charge on any atom is 0.227 e. The van der Waals surface area contributed by atoms with Gasteiger partial charge in [0.25, 0.3) is 0 Å². The molecule has 2 fully saturated rings. The number of halogens is 1. The van der Waals surface area contributed by atoms with Crippen LogP contribution in [0.5, 0.6) is 0 Å². The van der Waals surface area contributed by atoms with Gasteiger partial charge in [0, 0.05) is 31.1 Å². The lowest BCUT2D eigenvalue weighted by Gasteiger charge is -2.34. The summed E-state index contributed by atoms with van der Waals surface area (Å²) in [5.41, 5.74) is -0.449. The second-order valence-electron chi connectivity index (χ2n) is 6.03. The molecule has 4 heteroatoms. The summed E-state index contributed by atoms with van der Waals surface area (Å²) in [7, 11) is 0. The van der Waals surface area contributed by atoms with Gasteiger partial charge in [-0.3, -0.25) is 4.79 Å². The van der Waals surface area contributed by atoms with Crippen LogP contribution in [-0.2, 0) is 4.79 Å². The van der Waals surface area contributed by atoms with Crippen LogP contribution in [0.1, 0.15) is 39.5 Å². The third-order valence-corrected chi connectivity index (χ3v) is 4.54. The van der Waals surface area contributed by atoms with Crippen molar-refractivity contribution in [1.29, 1.82) is 0 Å². The molecule has 3 nitrogen and oxygen atoms in total. The highest BCUT2D eigenvalue weighted by Crippen LogP contribution is 2.29. The molecule has 2 rings (SSSR count). The molecule has 1 aliphatic heterocycles. The summed E-state index contributed by atoms with van der Waals surface area (Å²) in [5.74, 6) is 0.470. The minimum atomic E-state index is -0.449. The Morgan fingerprint density at radius 1 is 1.29 bits per heavy atom. The zero-order valence-electron chi connectivity index (χ0n) is 10.8. The Morgan fingerprint density at radius 3 is 2.35 bits per heavy atom. The van der Waals surface area contributed by atoms with E-state index in [2.05, 4.69) is 10.2 Å². The Hall–Kier alpha value is -0.280. The van der Waals surface area contributed by atoms with Crippen molar-refractivity contribution in [3.8, 4) is 0 Å². The number of hydrogen-bond donors (Lipinski definition) is 1. The molecule has 0 aromatic carbocycles. The number of rotatable bonds is 4. The van der Waals surface area contributed by atoms with E-state index in [-0.39, 0.29) is 5.91 Å². The molecule has 1 N–H and O–H groups in total. The molecule has 1 aliphatic carbocycles. The lowest BCUT2D eigenvalue weighted by Crippen LogP contribution is -2.49. The first-order valence-corrected chi connectivity index (χ1v) is 7.17. The molecule has 0 spiro atoms. The normalized spacial score (nSPS) is 23.7. The first kappa shape index (κ1) is 13.2. The van der Waals surface area contributed by atoms with Crippen molar-refractivity contribution in [3.05, 3.63) is 0 Å². The molecule has 1 saturated heterocycles. The number of nitrogens with zero attached hydrogens (tertiary/aromatic N) is 1. The van der Waals surface area contributed by atoms with Gasteiger partial charge in [-0.1, -0.05) is 0 Å². The number of nitrogens with one attached hydrogen (secondary N) is 1. The minimum absolute atomic E-state index is 0.0948. The van der Waals surface area contributed by atoms with Gasteiger partial charge < -0.3 is 10.2 Å². The summed E-state index contributed by atoms with van der Waals surface area (Å²) >= 11 is 5.81. The molecular formula is C13H23ClN2O. The molecule has 0 aromatic heterocycles. The first-order chi connectivity index (χ1) is 8.03. The van der Waals surface area contributed by atoms with Crippen LogP contribution in [0.2, 0.25) is 0 Å². The minimum Gasteiger partial charge on any atom is -0.353 e. The van der Waals surface area contributed by atoms with Crippen molar-refractivity contribution in [3.63, 3.8) is 0 Å². The van der Waals surface area contributed by atoms with Crippen LogP contribution in [0.4, 0.5) is 0 Å². The SMILES string of the molecule is CC(C)(CCl)C(=O)NC1CCN(C2CC2)CC1. The van der Waals surface area contributed by atoms with E-state index < -0.39 is 5.41 Å². The van der Waals surface area contributed by atoms with E-state index >= 15 is 0 Å². The molecule has 0 aromatic rings. The molecule has 98 valence electrons. The highest BCUT2D eigenvalue weighted by Gasteiger charge is 2.33. The Kier molecular flexibility index (Phi) is 3.99. The van der Waals surface area contributed by atoms with Gasteiger partial charge in [0.15, 0.2) is 0 Å². The molecule has 1 amide bonds. The van der Waals surface area contributed by atoms with Crippen molar-refractivity contribution >= 4 is 17.5 Å². The molecular weight excluding hydrogens is 236 g/mol. The van der Waals surface area contributed by atoms with E-state index in [4.69, 9.17) is 11.6 Å². The summed E-state index contributed by atoms with van der Waals surface area (Å²) in [6.07, 6.45) is 4.91. The van der Waals surface area contributed by atoms with Crippen molar-refractivity contribution in [2.45, 2.75) is 51.6 Å². The van der Waals surface area contributed by atoms with Crippen LogP contribution in [0.15, 0.2) is 0 Å². The fourth-order valence-electron chi connectivity index (χ4n) is 2.29. The van der Waals surface area contributed by atoms with Gasteiger partial charge in [0.2, 0.25) is 5.91 Å². The van der Waals surface area contributed by atoms with Crippen molar-refractivity contribution in [2.24, 2.45) is 5.41 Å². The maximum absolute atomic E-state index is 12.0. The van der Waals surface area contributed by atoms with E-state index in [0.29, 0.717) is 11.9 Å². The van der Waals surface area contributed by atoms with E-state index in [0.717, 1.165) is 32.0 Å². The molecule has 1 heterocycles. The van der Waals surface area contributed by atoms with Crippen LogP contribution in [0.3, 0.4) is 0 Å². The van der Waals surface area contributed by atoms with Crippen molar-refractivity contribution in [2.75, 3.05) is 19.0 Å². The predicted molar refractivity (Wildman–Crippen MR) is 70.3 cm³/mol. The molecule has 2 aliphatic rings. The lowest BCUT2D eigenvalue weighted by atomic mass is 9.93. The van der Waals surface area contributed by atoms with Crippen LogP contribution in [-0.4, -0.2) is 41.9 Å². The van der Waals surface area contributed by atoms with Crippen LogP contribution >= 0.6 is 11.6 Å². The van der Waals surface area contributed by atoms with Crippen LogP contribution < -0.4 is 5.32 Å². The van der Waals surface area contributed by atoms with Gasteiger partial charge in [-0.15, -0.1) is 11.6 Å². The molecule has 0 atom stereocenters. The molecule has 0 bridgehead atoms. The number of carbonyl (C=O) groups is 1.